The zero-order valence-electron chi connectivity index (χ0n) is 20.6. The van der Waals surface area contributed by atoms with Crippen molar-refractivity contribution in [3.8, 4) is 0 Å². The van der Waals surface area contributed by atoms with Gasteiger partial charge in [0.05, 0.1) is 18.8 Å². The monoisotopic (exact) mass is 575 g/mol. The molecule has 208 valence electrons. The number of hydrogen-bond acceptors (Lipinski definition) is 7. The van der Waals surface area contributed by atoms with Crippen LogP contribution in [0.25, 0.3) is 0 Å². The molecule has 3 N–H and O–H groups in total. The van der Waals surface area contributed by atoms with E-state index in [4.69, 9.17) is 32.0 Å². The average molecular weight is 576 g/mol. The number of benzene rings is 1. The van der Waals surface area contributed by atoms with Crippen molar-refractivity contribution in [1.29, 1.82) is 0 Å². The third-order valence-corrected chi connectivity index (χ3v) is 7.67. The van der Waals surface area contributed by atoms with E-state index in [9.17, 15) is 22.8 Å². The van der Waals surface area contributed by atoms with Gasteiger partial charge in [-0.15, -0.1) is 11.3 Å². The molecule has 8 nitrogen and oxygen atoms in total. The Bertz CT molecular complexity index is 1130. The minimum Gasteiger partial charge on any atom is -0.475 e. The van der Waals surface area contributed by atoms with Gasteiger partial charge < -0.3 is 15.6 Å². The maximum Gasteiger partial charge on any atom is 0.490 e. The van der Waals surface area contributed by atoms with E-state index in [1.807, 2.05) is 12.1 Å². The van der Waals surface area contributed by atoms with E-state index in [2.05, 4.69) is 9.80 Å². The lowest BCUT2D eigenvalue weighted by molar-refractivity contribution is -0.192. The number of halogens is 4. The molecule has 1 fully saturated rings. The maximum absolute atomic E-state index is 12.7. The summed E-state index contributed by atoms with van der Waals surface area (Å²) in [5.41, 5.74) is 8.28. The first-order chi connectivity index (χ1) is 17.9. The number of nitrogens with zero attached hydrogens (tertiary/aromatic N) is 2. The minimum absolute atomic E-state index is 0.0765. The quantitative estimate of drug-likeness (QED) is 0.497. The van der Waals surface area contributed by atoms with E-state index < -0.39 is 18.1 Å². The summed E-state index contributed by atoms with van der Waals surface area (Å²) in [6, 6.07) is 7.30. The molecule has 0 unspecified atom stereocenters. The molecule has 0 radical (unpaired) electrons. The van der Waals surface area contributed by atoms with Crippen LogP contribution in [0.2, 0.25) is 5.02 Å². The second-order valence-electron chi connectivity index (χ2n) is 8.97. The second-order valence-corrected chi connectivity index (χ2v) is 10.6. The maximum atomic E-state index is 12.7. The number of nitrogens with two attached hydrogens (primary N) is 1. The lowest BCUT2D eigenvalue weighted by Crippen LogP contribution is -2.42. The molecule has 4 rings (SSSR count). The van der Waals surface area contributed by atoms with Gasteiger partial charge in [0.15, 0.2) is 0 Å². The first kappa shape index (κ1) is 30.0. The van der Waals surface area contributed by atoms with E-state index in [0.717, 1.165) is 74.9 Å². The number of carboxylic acid groups (broad SMARTS) is 1. The number of Topliss-reactive ketones (excluding diaryl/α,β-unsaturated/α-hetero) is 1. The number of aliphatic carboxylic acids is 1. The number of carboxylic acids is 1. The molecular weight excluding hydrogens is 547 g/mol. The molecule has 0 bridgehead atoms. The summed E-state index contributed by atoms with van der Waals surface area (Å²) in [5.74, 6) is -3.10. The predicted octanol–water partition coefficient (Wildman–Crippen LogP) is 3.18. The molecule has 38 heavy (non-hydrogen) atoms. The number of fused-ring (bicyclic) bond motifs is 1. The molecule has 0 atom stereocenters. The summed E-state index contributed by atoms with van der Waals surface area (Å²) in [6.07, 6.45) is -3.71. The van der Waals surface area contributed by atoms with Gasteiger partial charge in [-0.2, -0.15) is 13.2 Å². The zero-order chi connectivity index (χ0) is 27.9. The van der Waals surface area contributed by atoms with E-state index >= 15 is 0 Å². The SMILES string of the molecule is NC(=O)c1c(CC(=O)Cc2ccc(Cl)cc2)sc2c1CCN(CCN1CCOCC1)C2.O=C(O)C(F)(F)F. The molecule has 3 heterocycles. The highest BCUT2D eigenvalue weighted by Gasteiger charge is 2.38. The summed E-state index contributed by atoms with van der Waals surface area (Å²) >= 11 is 7.50. The van der Waals surface area contributed by atoms with E-state index in [1.165, 1.54) is 4.88 Å². The molecule has 2 aliphatic heterocycles. The second kappa shape index (κ2) is 13.5. The van der Waals surface area contributed by atoms with E-state index in [0.29, 0.717) is 17.0 Å². The molecule has 2 aromatic rings. The number of alkyl halides is 3. The van der Waals surface area contributed by atoms with Gasteiger partial charge in [-0.3, -0.25) is 19.4 Å². The highest BCUT2D eigenvalue weighted by molar-refractivity contribution is 7.12. The van der Waals surface area contributed by atoms with Crippen LogP contribution in [0.4, 0.5) is 13.2 Å². The van der Waals surface area contributed by atoms with E-state index in [1.54, 1.807) is 23.5 Å². The molecule has 0 aliphatic carbocycles. The molecule has 0 saturated carbocycles. The average Bonchev–Trinajstić information content (AvgIpc) is 3.21. The minimum atomic E-state index is -5.08. The number of rotatable bonds is 8. The Morgan fingerprint density at radius 1 is 1.03 bits per heavy atom. The van der Waals surface area contributed by atoms with Gasteiger partial charge in [0.2, 0.25) is 5.91 Å². The summed E-state index contributed by atoms with van der Waals surface area (Å²) in [4.78, 5) is 40.7. The molecule has 1 aromatic carbocycles. The normalized spacial score (nSPS) is 16.3. The van der Waals surface area contributed by atoms with Crippen LogP contribution in [0.5, 0.6) is 0 Å². The Balaban J connectivity index is 0.000000505. The summed E-state index contributed by atoms with van der Waals surface area (Å²) in [7, 11) is 0. The third-order valence-electron chi connectivity index (χ3n) is 6.21. The summed E-state index contributed by atoms with van der Waals surface area (Å²) in [5, 5.41) is 7.77. The number of primary amides is 1. The smallest absolute Gasteiger partial charge is 0.475 e. The van der Waals surface area contributed by atoms with Crippen molar-refractivity contribution in [3.63, 3.8) is 0 Å². The topological polar surface area (TPSA) is 113 Å². The van der Waals surface area contributed by atoms with Crippen molar-refractivity contribution in [2.24, 2.45) is 5.73 Å². The fraction of sp³-hybridized carbons (Fsp3) is 0.480. The number of ether oxygens (including phenoxy) is 1. The van der Waals surface area contributed by atoms with Gasteiger partial charge in [-0.1, -0.05) is 23.7 Å². The van der Waals surface area contributed by atoms with Gasteiger partial charge in [-0.05, 0) is 29.7 Å². The molecular formula is C25H29ClF3N3O5S. The number of hydrogen-bond donors (Lipinski definition) is 2. The van der Waals surface area contributed by atoms with Crippen LogP contribution in [0.3, 0.4) is 0 Å². The van der Waals surface area contributed by atoms with Gasteiger partial charge in [0.1, 0.15) is 5.78 Å². The molecule has 1 aromatic heterocycles. The first-order valence-electron chi connectivity index (χ1n) is 12.0. The number of thiophene rings is 1. The Hall–Kier alpha value is -2.51. The number of amides is 1. The Morgan fingerprint density at radius 3 is 2.21 bits per heavy atom. The number of carbonyl (C=O) groups is 3. The molecule has 2 aliphatic rings. The lowest BCUT2D eigenvalue weighted by Gasteiger charge is -2.31. The Kier molecular flexibility index (Phi) is 10.7. The number of morpholine rings is 1. The Labute approximate surface area is 227 Å². The Morgan fingerprint density at radius 2 is 1.63 bits per heavy atom. The van der Waals surface area contributed by atoms with Crippen molar-refractivity contribution in [1.82, 2.24) is 9.80 Å². The number of ketones is 1. The van der Waals surface area contributed by atoms with Crippen molar-refractivity contribution >= 4 is 40.6 Å². The van der Waals surface area contributed by atoms with Crippen LogP contribution in [-0.4, -0.2) is 84.7 Å². The fourth-order valence-corrected chi connectivity index (χ4v) is 5.85. The summed E-state index contributed by atoms with van der Waals surface area (Å²) < 4.78 is 37.2. The summed E-state index contributed by atoms with van der Waals surface area (Å²) in [6.45, 7) is 7.35. The highest BCUT2D eigenvalue weighted by atomic mass is 35.5. The molecule has 0 spiro atoms. The van der Waals surface area contributed by atoms with Crippen molar-refractivity contribution in [2.75, 3.05) is 45.9 Å². The largest absolute Gasteiger partial charge is 0.490 e. The predicted molar refractivity (Wildman–Crippen MR) is 137 cm³/mol. The van der Waals surface area contributed by atoms with Crippen molar-refractivity contribution in [3.05, 3.63) is 55.7 Å². The van der Waals surface area contributed by atoms with Crippen molar-refractivity contribution in [2.45, 2.75) is 32.0 Å². The lowest BCUT2D eigenvalue weighted by atomic mass is 9.98. The van der Waals surface area contributed by atoms with Crippen LogP contribution in [0, 0.1) is 0 Å². The zero-order valence-corrected chi connectivity index (χ0v) is 22.1. The number of carbonyl (C=O) groups excluding carboxylic acids is 2. The van der Waals surface area contributed by atoms with Crippen molar-refractivity contribution < 1.29 is 37.4 Å². The fourth-order valence-electron chi connectivity index (χ4n) is 4.29. The van der Waals surface area contributed by atoms with Gasteiger partial charge in [-0.25, -0.2) is 4.79 Å². The van der Waals surface area contributed by atoms with Gasteiger partial charge in [0.25, 0.3) is 0 Å². The van der Waals surface area contributed by atoms with Crippen LogP contribution < -0.4 is 5.73 Å². The van der Waals surface area contributed by atoms with E-state index in [-0.39, 0.29) is 12.2 Å². The van der Waals surface area contributed by atoms with Crippen LogP contribution in [-0.2, 0) is 40.1 Å². The highest BCUT2D eigenvalue weighted by Crippen LogP contribution is 2.33. The first-order valence-corrected chi connectivity index (χ1v) is 13.2. The van der Waals surface area contributed by atoms with Gasteiger partial charge in [0, 0.05) is 66.9 Å². The molecule has 1 saturated heterocycles. The standard InChI is InChI=1S/C23H28ClN3O3S.C2HF3O2/c24-17-3-1-16(2-4-17)13-18(28)14-20-22(23(25)29)19-5-6-27(15-21(19)31-20)8-7-26-9-11-30-12-10-26;3-2(4,5)1(6)7/h1-4H,5-15H2,(H2,25,29);(H,6,7). The third kappa shape index (κ3) is 8.77. The van der Waals surface area contributed by atoms with Gasteiger partial charge >= 0.3 is 12.1 Å². The van der Waals surface area contributed by atoms with Crippen LogP contribution >= 0.6 is 22.9 Å². The van der Waals surface area contributed by atoms with Crippen LogP contribution in [0.1, 0.15) is 31.2 Å². The molecule has 13 heteroatoms. The van der Waals surface area contributed by atoms with Crippen LogP contribution in [0.15, 0.2) is 24.3 Å². The molecule has 1 amide bonds.